The van der Waals surface area contributed by atoms with Crippen LogP contribution in [0.1, 0.15) is 37.8 Å². The molecular formula is C23H28Cl2N2O3. The van der Waals surface area contributed by atoms with Crippen LogP contribution in [-0.4, -0.2) is 36.4 Å². The maximum Gasteiger partial charge on any atom is 0.242 e. The number of nitrogens with zero attached hydrogens (tertiary/aromatic N) is 1. The van der Waals surface area contributed by atoms with E-state index in [-0.39, 0.29) is 18.2 Å². The first kappa shape index (κ1) is 24.0. The van der Waals surface area contributed by atoms with E-state index in [2.05, 4.69) is 12.2 Å². The van der Waals surface area contributed by atoms with E-state index in [0.29, 0.717) is 28.9 Å². The summed E-state index contributed by atoms with van der Waals surface area (Å²) in [4.78, 5) is 27.4. The lowest BCUT2D eigenvalue weighted by atomic mass is 10.1. The highest BCUT2D eigenvalue weighted by atomic mass is 35.5. The number of carbonyl (C=O) groups excluding carboxylic acids is 2. The number of rotatable bonds is 10. The van der Waals surface area contributed by atoms with E-state index in [1.807, 2.05) is 24.3 Å². The van der Waals surface area contributed by atoms with Crippen molar-refractivity contribution in [3.8, 4) is 5.75 Å². The highest BCUT2D eigenvalue weighted by Crippen LogP contribution is 2.23. The highest BCUT2D eigenvalue weighted by Gasteiger charge is 2.26. The first-order valence-electron chi connectivity index (χ1n) is 9.99. The van der Waals surface area contributed by atoms with Gasteiger partial charge in [0.1, 0.15) is 11.8 Å². The van der Waals surface area contributed by atoms with Crippen LogP contribution >= 0.6 is 23.2 Å². The molecule has 0 radical (unpaired) electrons. The molecule has 5 nitrogen and oxygen atoms in total. The Bertz CT molecular complexity index is 873. The number of ether oxygens (including phenoxy) is 1. The summed E-state index contributed by atoms with van der Waals surface area (Å²) in [5, 5.41) is 3.74. The van der Waals surface area contributed by atoms with Crippen molar-refractivity contribution < 1.29 is 14.3 Å². The maximum atomic E-state index is 13.2. The maximum absolute atomic E-state index is 13.2. The number of hydrogen-bond acceptors (Lipinski definition) is 3. The molecule has 1 N–H and O–H groups in total. The number of carbonyl (C=O) groups is 2. The number of unbranched alkanes of at least 4 members (excludes halogenated alkanes) is 1. The van der Waals surface area contributed by atoms with Crippen molar-refractivity contribution in [2.24, 2.45) is 0 Å². The molecule has 0 spiro atoms. The van der Waals surface area contributed by atoms with Crippen molar-refractivity contribution in [1.29, 1.82) is 0 Å². The monoisotopic (exact) mass is 450 g/mol. The van der Waals surface area contributed by atoms with Crippen LogP contribution in [0, 0.1) is 0 Å². The molecule has 2 aromatic rings. The Kier molecular flexibility index (Phi) is 9.47. The van der Waals surface area contributed by atoms with E-state index < -0.39 is 6.04 Å². The summed E-state index contributed by atoms with van der Waals surface area (Å²) in [5.74, 6) is 0.354. The average molecular weight is 451 g/mol. The Hall–Kier alpha value is -2.24. The molecule has 2 aromatic carbocycles. The molecular weight excluding hydrogens is 423 g/mol. The minimum atomic E-state index is -0.622. The van der Waals surface area contributed by atoms with Crippen molar-refractivity contribution in [3.05, 3.63) is 63.6 Å². The molecule has 0 saturated heterocycles. The van der Waals surface area contributed by atoms with Crippen LogP contribution in [0.2, 0.25) is 10.0 Å². The molecule has 0 aliphatic carbocycles. The summed E-state index contributed by atoms with van der Waals surface area (Å²) < 4.78 is 5.28. The fourth-order valence-corrected chi connectivity index (χ4v) is 3.33. The van der Waals surface area contributed by atoms with Gasteiger partial charge in [-0.05, 0) is 48.7 Å². The first-order valence-corrected chi connectivity index (χ1v) is 10.7. The molecule has 162 valence electrons. The largest absolute Gasteiger partial charge is 0.497 e. The zero-order valence-corrected chi connectivity index (χ0v) is 19.1. The minimum absolute atomic E-state index is 0.118. The average Bonchev–Trinajstić information content (AvgIpc) is 2.74. The molecule has 0 saturated carbocycles. The molecule has 1 unspecified atom stereocenters. The van der Waals surface area contributed by atoms with Gasteiger partial charge in [-0.2, -0.15) is 0 Å². The fourth-order valence-electron chi connectivity index (χ4n) is 3.01. The summed E-state index contributed by atoms with van der Waals surface area (Å²) >= 11 is 12.1. The van der Waals surface area contributed by atoms with Gasteiger partial charge in [0.15, 0.2) is 0 Å². The molecule has 2 rings (SSSR count). The van der Waals surface area contributed by atoms with Gasteiger partial charge in [0.05, 0.1) is 23.6 Å². The molecule has 2 amide bonds. The minimum Gasteiger partial charge on any atom is -0.497 e. The molecule has 0 aromatic heterocycles. The number of hydrogen-bond donors (Lipinski definition) is 1. The van der Waals surface area contributed by atoms with Gasteiger partial charge in [-0.15, -0.1) is 0 Å². The molecule has 0 aliphatic rings. The third kappa shape index (κ3) is 6.92. The van der Waals surface area contributed by atoms with Gasteiger partial charge in [0.2, 0.25) is 11.8 Å². The zero-order chi connectivity index (χ0) is 22.1. The number of halogens is 2. The lowest BCUT2D eigenvalue weighted by molar-refractivity contribution is -0.140. The van der Waals surface area contributed by atoms with Crippen LogP contribution in [0.15, 0.2) is 42.5 Å². The molecule has 7 heteroatoms. The van der Waals surface area contributed by atoms with Crippen LogP contribution in [0.5, 0.6) is 5.75 Å². The van der Waals surface area contributed by atoms with Gasteiger partial charge in [0, 0.05) is 13.1 Å². The van der Waals surface area contributed by atoms with Gasteiger partial charge in [-0.3, -0.25) is 9.59 Å². The quantitative estimate of drug-likeness (QED) is 0.524. The molecule has 30 heavy (non-hydrogen) atoms. The van der Waals surface area contributed by atoms with Gasteiger partial charge >= 0.3 is 0 Å². The second-order valence-corrected chi connectivity index (χ2v) is 7.93. The lowest BCUT2D eigenvalue weighted by Crippen LogP contribution is -2.48. The Balaban J connectivity index is 2.22. The normalized spacial score (nSPS) is 11.6. The number of nitrogens with one attached hydrogen (secondary N) is 1. The third-order valence-electron chi connectivity index (χ3n) is 4.82. The third-order valence-corrected chi connectivity index (χ3v) is 5.56. The Morgan fingerprint density at radius 3 is 2.53 bits per heavy atom. The summed E-state index contributed by atoms with van der Waals surface area (Å²) in [6.45, 7) is 4.69. The molecule has 0 heterocycles. The van der Waals surface area contributed by atoms with Crippen LogP contribution in [0.3, 0.4) is 0 Å². The zero-order valence-electron chi connectivity index (χ0n) is 17.6. The molecule has 0 bridgehead atoms. The summed E-state index contributed by atoms with van der Waals surface area (Å²) in [5.41, 5.74) is 1.62. The van der Waals surface area contributed by atoms with E-state index in [1.165, 1.54) is 0 Å². The first-order chi connectivity index (χ1) is 14.3. The second-order valence-electron chi connectivity index (χ2n) is 7.12. The second kappa shape index (κ2) is 11.8. The van der Waals surface area contributed by atoms with Crippen LogP contribution < -0.4 is 10.1 Å². The van der Waals surface area contributed by atoms with E-state index in [9.17, 15) is 9.59 Å². The fraction of sp³-hybridized carbons (Fsp3) is 0.391. The van der Waals surface area contributed by atoms with Crippen LogP contribution in [0.25, 0.3) is 0 Å². The van der Waals surface area contributed by atoms with Crippen LogP contribution in [-0.2, 0) is 22.6 Å². The van der Waals surface area contributed by atoms with Crippen molar-refractivity contribution in [3.63, 3.8) is 0 Å². The van der Waals surface area contributed by atoms with E-state index in [1.54, 1.807) is 37.1 Å². The molecule has 0 aliphatic heterocycles. The molecule has 0 fully saturated rings. The summed E-state index contributed by atoms with van der Waals surface area (Å²) in [6, 6.07) is 12.0. The number of benzene rings is 2. The highest BCUT2D eigenvalue weighted by molar-refractivity contribution is 6.42. The van der Waals surface area contributed by atoms with Crippen molar-refractivity contribution in [1.82, 2.24) is 10.2 Å². The number of methoxy groups -OCH3 is 1. The lowest BCUT2D eigenvalue weighted by Gasteiger charge is -2.29. The van der Waals surface area contributed by atoms with E-state index >= 15 is 0 Å². The topological polar surface area (TPSA) is 58.6 Å². The van der Waals surface area contributed by atoms with Gasteiger partial charge in [-0.25, -0.2) is 0 Å². The Morgan fingerprint density at radius 2 is 1.87 bits per heavy atom. The Labute approximate surface area is 188 Å². The molecule has 1 atom stereocenters. The predicted octanol–water partition coefficient (Wildman–Crippen LogP) is 4.88. The number of amides is 2. The summed E-state index contributed by atoms with van der Waals surface area (Å²) in [6.07, 6.45) is 2.00. The van der Waals surface area contributed by atoms with Gasteiger partial charge in [-0.1, -0.05) is 54.7 Å². The van der Waals surface area contributed by atoms with E-state index in [0.717, 1.165) is 24.0 Å². The summed E-state index contributed by atoms with van der Waals surface area (Å²) in [7, 11) is 1.59. The standard InChI is InChI=1S/C23H28Cl2N2O3/c1-4-5-11-26-23(29)16(2)27(15-18-7-6-8-19(12-18)30-3)22(28)14-17-9-10-20(24)21(25)13-17/h6-10,12-13,16H,4-5,11,14-15H2,1-3H3,(H,26,29). The van der Waals surface area contributed by atoms with Gasteiger partial charge in [0.25, 0.3) is 0 Å². The van der Waals surface area contributed by atoms with Gasteiger partial charge < -0.3 is 15.0 Å². The van der Waals surface area contributed by atoms with E-state index in [4.69, 9.17) is 27.9 Å². The SMILES string of the molecule is CCCCNC(=O)C(C)N(Cc1cccc(OC)c1)C(=O)Cc1ccc(Cl)c(Cl)c1. The van der Waals surface area contributed by atoms with Crippen molar-refractivity contribution >= 4 is 35.0 Å². The van der Waals surface area contributed by atoms with Crippen molar-refractivity contribution in [2.75, 3.05) is 13.7 Å². The predicted molar refractivity (Wildman–Crippen MR) is 121 cm³/mol. The van der Waals surface area contributed by atoms with Crippen LogP contribution in [0.4, 0.5) is 0 Å². The van der Waals surface area contributed by atoms with Crippen molar-refractivity contribution in [2.45, 2.75) is 45.7 Å². The Morgan fingerprint density at radius 1 is 1.10 bits per heavy atom. The smallest absolute Gasteiger partial charge is 0.242 e.